The SMILES string of the molecule is C#CCNC(=O)COC(=O)[C@H](CC)c1ccccc1. The lowest BCUT2D eigenvalue weighted by atomic mass is 9.97. The van der Waals surface area contributed by atoms with Crippen LogP contribution in [0.25, 0.3) is 0 Å². The Labute approximate surface area is 113 Å². The van der Waals surface area contributed by atoms with Crippen LogP contribution in [0, 0.1) is 12.3 Å². The predicted octanol–water partition coefficient (Wildman–Crippen LogP) is 1.47. The second-order valence-electron chi connectivity index (χ2n) is 3.96. The second kappa shape index (κ2) is 7.93. The number of carbonyl (C=O) groups is 2. The normalized spacial score (nSPS) is 11.2. The molecule has 0 aliphatic heterocycles. The number of ether oxygens (including phenoxy) is 1. The Kier molecular flexibility index (Phi) is 6.17. The lowest BCUT2D eigenvalue weighted by molar-refractivity contribution is -0.150. The van der Waals surface area contributed by atoms with Gasteiger partial charge in [0.25, 0.3) is 5.91 Å². The first-order valence-corrected chi connectivity index (χ1v) is 6.10. The zero-order valence-electron chi connectivity index (χ0n) is 10.9. The number of hydrogen-bond acceptors (Lipinski definition) is 3. The molecule has 0 bridgehead atoms. The van der Waals surface area contributed by atoms with Gasteiger partial charge in [-0.15, -0.1) is 6.42 Å². The second-order valence-corrected chi connectivity index (χ2v) is 3.96. The van der Waals surface area contributed by atoms with Crippen LogP contribution < -0.4 is 5.32 Å². The smallest absolute Gasteiger partial charge is 0.313 e. The molecule has 1 N–H and O–H groups in total. The predicted molar refractivity (Wildman–Crippen MR) is 72.3 cm³/mol. The summed E-state index contributed by atoms with van der Waals surface area (Å²) in [6.07, 6.45) is 5.63. The van der Waals surface area contributed by atoms with E-state index in [0.29, 0.717) is 6.42 Å². The van der Waals surface area contributed by atoms with Crippen LogP contribution in [0.1, 0.15) is 24.8 Å². The summed E-state index contributed by atoms with van der Waals surface area (Å²) >= 11 is 0. The van der Waals surface area contributed by atoms with Gasteiger partial charge in [-0.25, -0.2) is 0 Å². The average molecular weight is 259 g/mol. The van der Waals surface area contributed by atoms with Gasteiger partial charge in [-0.3, -0.25) is 9.59 Å². The minimum Gasteiger partial charge on any atom is -0.455 e. The molecule has 0 unspecified atom stereocenters. The summed E-state index contributed by atoms with van der Waals surface area (Å²) in [5.41, 5.74) is 0.888. The lowest BCUT2D eigenvalue weighted by Crippen LogP contribution is -2.30. The highest BCUT2D eigenvalue weighted by atomic mass is 16.5. The number of esters is 1. The Morgan fingerprint density at radius 3 is 2.63 bits per heavy atom. The fourth-order valence-corrected chi connectivity index (χ4v) is 1.66. The Morgan fingerprint density at radius 2 is 2.05 bits per heavy atom. The van der Waals surface area contributed by atoms with Gasteiger partial charge in [0, 0.05) is 0 Å². The van der Waals surface area contributed by atoms with Crippen molar-refractivity contribution in [3.63, 3.8) is 0 Å². The Balaban J connectivity index is 2.52. The number of hydrogen-bond donors (Lipinski definition) is 1. The number of amides is 1. The lowest BCUT2D eigenvalue weighted by Gasteiger charge is -2.14. The monoisotopic (exact) mass is 259 g/mol. The van der Waals surface area contributed by atoms with Gasteiger partial charge in [-0.2, -0.15) is 0 Å². The molecular formula is C15H17NO3. The first-order chi connectivity index (χ1) is 9.19. The molecule has 0 heterocycles. The van der Waals surface area contributed by atoms with Gasteiger partial charge >= 0.3 is 5.97 Å². The maximum atomic E-state index is 11.9. The van der Waals surface area contributed by atoms with Crippen molar-refractivity contribution in [1.82, 2.24) is 5.32 Å². The van der Waals surface area contributed by atoms with Crippen molar-refractivity contribution in [2.75, 3.05) is 13.2 Å². The molecule has 0 aliphatic rings. The highest BCUT2D eigenvalue weighted by molar-refractivity contribution is 5.83. The molecule has 1 rings (SSSR count). The van der Waals surface area contributed by atoms with Gasteiger partial charge in [0.15, 0.2) is 6.61 Å². The molecule has 1 amide bonds. The van der Waals surface area contributed by atoms with E-state index in [0.717, 1.165) is 5.56 Å². The van der Waals surface area contributed by atoms with E-state index in [1.165, 1.54) is 0 Å². The summed E-state index contributed by atoms with van der Waals surface area (Å²) in [5, 5.41) is 2.43. The molecule has 1 aromatic carbocycles. The number of benzene rings is 1. The summed E-state index contributed by atoms with van der Waals surface area (Å²) in [4.78, 5) is 23.2. The van der Waals surface area contributed by atoms with Crippen LogP contribution in [0.3, 0.4) is 0 Å². The molecular weight excluding hydrogens is 242 g/mol. The van der Waals surface area contributed by atoms with E-state index < -0.39 is 11.9 Å². The quantitative estimate of drug-likeness (QED) is 0.622. The summed E-state index contributed by atoms with van der Waals surface area (Å²) < 4.78 is 4.99. The van der Waals surface area contributed by atoms with Gasteiger partial charge in [0.2, 0.25) is 0 Å². The third kappa shape index (κ3) is 4.84. The number of terminal acetylenes is 1. The molecule has 0 saturated heterocycles. The molecule has 1 aromatic rings. The van der Waals surface area contributed by atoms with Gasteiger partial charge in [0.1, 0.15) is 0 Å². The van der Waals surface area contributed by atoms with Gasteiger partial charge < -0.3 is 10.1 Å². The summed E-state index contributed by atoms with van der Waals surface area (Å²) in [5.74, 6) is 1.14. The third-order valence-electron chi connectivity index (χ3n) is 2.63. The van der Waals surface area contributed by atoms with Crippen molar-refractivity contribution in [1.29, 1.82) is 0 Å². The van der Waals surface area contributed by atoms with Crippen molar-refractivity contribution in [3.05, 3.63) is 35.9 Å². The van der Waals surface area contributed by atoms with Gasteiger partial charge in [0.05, 0.1) is 12.5 Å². The van der Waals surface area contributed by atoms with Crippen LogP contribution in [0.15, 0.2) is 30.3 Å². The topological polar surface area (TPSA) is 55.4 Å². The summed E-state index contributed by atoms with van der Waals surface area (Å²) in [7, 11) is 0. The van der Waals surface area contributed by atoms with E-state index >= 15 is 0 Å². The van der Waals surface area contributed by atoms with Gasteiger partial charge in [-0.05, 0) is 12.0 Å². The first kappa shape index (κ1) is 14.8. The van der Waals surface area contributed by atoms with Crippen molar-refractivity contribution in [2.45, 2.75) is 19.3 Å². The van der Waals surface area contributed by atoms with E-state index in [2.05, 4.69) is 11.2 Å². The van der Waals surface area contributed by atoms with Crippen molar-refractivity contribution < 1.29 is 14.3 Å². The Morgan fingerprint density at radius 1 is 1.37 bits per heavy atom. The molecule has 0 fully saturated rings. The number of nitrogens with one attached hydrogen (secondary N) is 1. The Hall–Kier alpha value is -2.28. The first-order valence-electron chi connectivity index (χ1n) is 6.10. The maximum absolute atomic E-state index is 11.9. The van der Waals surface area contributed by atoms with Crippen molar-refractivity contribution in [3.8, 4) is 12.3 Å². The molecule has 4 nitrogen and oxygen atoms in total. The highest BCUT2D eigenvalue weighted by Crippen LogP contribution is 2.20. The molecule has 0 radical (unpaired) electrons. The maximum Gasteiger partial charge on any atom is 0.313 e. The van der Waals surface area contributed by atoms with E-state index in [9.17, 15) is 9.59 Å². The van der Waals surface area contributed by atoms with Crippen LogP contribution in [-0.4, -0.2) is 25.0 Å². The largest absolute Gasteiger partial charge is 0.455 e. The van der Waals surface area contributed by atoms with E-state index in [-0.39, 0.29) is 19.1 Å². The van der Waals surface area contributed by atoms with E-state index in [1.807, 2.05) is 37.3 Å². The van der Waals surface area contributed by atoms with E-state index in [1.54, 1.807) is 0 Å². The molecule has 0 aliphatic carbocycles. The summed E-state index contributed by atoms with van der Waals surface area (Å²) in [6, 6.07) is 9.35. The fraction of sp³-hybridized carbons (Fsp3) is 0.333. The minimum atomic E-state index is -0.399. The third-order valence-corrected chi connectivity index (χ3v) is 2.63. The van der Waals surface area contributed by atoms with Crippen molar-refractivity contribution in [2.24, 2.45) is 0 Å². The fourth-order valence-electron chi connectivity index (χ4n) is 1.66. The number of rotatable bonds is 6. The van der Waals surface area contributed by atoms with Crippen LogP contribution >= 0.6 is 0 Å². The van der Waals surface area contributed by atoms with Crippen LogP contribution in [0.4, 0.5) is 0 Å². The molecule has 0 aromatic heterocycles. The molecule has 0 spiro atoms. The highest BCUT2D eigenvalue weighted by Gasteiger charge is 2.20. The molecule has 100 valence electrons. The van der Waals surface area contributed by atoms with Gasteiger partial charge in [-0.1, -0.05) is 43.2 Å². The standard InChI is InChI=1S/C15H17NO3/c1-3-10-16-14(17)11-19-15(18)13(4-2)12-8-6-5-7-9-12/h1,5-9,13H,4,10-11H2,2H3,(H,16,17)/t13-/m1/s1. The molecule has 0 saturated carbocycles. The van der Waals surface area contributed by atoms with E-state index in [4.69, 9.17) is 11.2 Å². The Bertz CT molecular complexity index is 462. The van der Waals surface area contributed by atoms with Crippen molar-refractivity contribution >= 4 is 11.9 Å². The van der Waals surface area contributed by atoms with Crippen LogP contribution in [-0.2, 0) is 14.3 Å². The molecule has 4 heteroatoms. The molecule has 1 atom stereocenters. The average Bonchev–Trinajstić information content (AvgIpc) is 2.45. The zero-order valence-corrected chi connectivity index (χ0v) is 10.9. The zero-order chi connectivity index (χ0) is 14.1. The van der Waals surface area contributed by atoms with Crippen LogP contribution in [0.2, 0.25) is 0 Å². The minimum absolute atomic E-state index is 0.131. The number of carbonyl (C=O) groups excluding carboxylic acids is 2. The molecule has 19 heavy (non-hydrogen) atoms. The summed E-state index contributed by atoms with van der Waals surface area (Å²) in [6.45, 7) is 1.73. The van der Waals surface area contributed by atoms with Crippen LogP contribution in [0.5, 0.6) is 0 Å².